The Hall–Kier alpha value is -1.97. The van der Waals surface area contributed by atoms with Crippen LogP contribution in [0.3, 0.4) is 0 Å². The highest BCUT2D eigenvalue weighted by atomic mass is 16.5. The predicted octanol–water partition coefficient (Wildman–Crippen LogP) is 2.93. The van der Waals surface area contributed by atoms with Crippen molar-refractivity contribution >= 4 is 16.9 Å². The van der Waals surface area contributed by atoms with E-state index in [0.29, 0.717) is 23.1 Å². The number of rotatable bonds is 2. The molecule has 0 spiro atoms. The second-order valence-corrected chi connectivity index (χ2v) is 3.88. The molecule has 1 aromatic carbocycles. The molecule has 0 amide bonds. The molecule has 0 fully saturated rings. The third kappa shape index (κ3) is 1.75. The molecule has 90 valence electrons. The summed E-state index contributed by atoms with van der Waals surface area (Å²) in [6.07, 6.45) is 0. The maximum absolute atomic E-state index is 11.7. The highest BCUT2D eigenvalue weighted by Crippen LogP contribution is 2.34. The van der Waals surface area contributed by atoms with E-state index in [9.17, 15) is 9.90 Å². The number of furan rings is 1. The Balaban J connectivity index is 2.68. The number of hydrogen-bond acceptors (Lipinski definition) is 4. The van der Waals surface area contributed by atoms with Crippen LogP contribution in [0, 0.1) is 13.8 Å². The van der Waals surface area contributed by atoms with Gasteiger partial charge in [0.1, 0.15) is 11.3 Å². The predicted molar refractivity (Wildman–Crippen MR) is 63.3 cm³/mol. The molecule has 0 radical (unpaired) electrons. The van der Waals surface area contributed by atoms with Crippen LogP contribution >= 0.6 is 0 Å². The zero-order valence-electron chi connectivity index (χ0n) is 10.0. The van der Waals surface area contributed by atoms with Gasteiger partial charge in [0, 0.05) is 5.56 Å². The lowest BCUT2D eigenvalue weighted by Gasteiger charge is -1.98. The molecule has 0 bridgehead atoms. The number of esters is 1. The van der Waals surface area contributed by atoms with Crippen molar-refractivity contribution in [3.05, 3.63) is 29.0 Å². The molecule has 0 unspecified atom stereocenters. The van der Waals surface area contributed by atoms with E-state index in [4.69, 9.17) is 9.15 Å². The largest absolute Gasteiger partial charge is 0.507 e. The number of phenols is 1. The van der Waals surface area contributed by atoms with Crippen LogP contribution in [0.5, 0.6) is 5.75 Å². The first-order valence-electron chi connectivity index (χ1n) is 5.45. The van der Waals surface area contributed by atoms with E-state index in [1.54, 1.807) is 26.0 Å². The number of aromatic hydroxyl groups is 1. The topological polar surface area (TPSA) is 59.7 Å². The van der Waals surface area contributed by atoms with Gasteiger partial charge in [-0.1, -0.05) is 6.07 Å². The number of hydrogen-bond donors (Lipinski definition) is 1. The molecule has 0 atom stereocenters. The fourth-order valence-corrected chi connectivity index (χ4v) is 1.85. The highest BCUT2D eigenvalue weighted by Gasteiger charge is 2.21. The number of fused-ring (bicyclic) bond motifs is 1. The third-order valence-corrected chi connectivity index (χ3v) is 2.71. The van der Waals surface area contributed by atoms with Gasteiger partial charge in [0.15, 0.2) is 0 Å². The molecule has 2 rings (SSSR count). The monoisotopic (exact) mass is 234 g/mol. The average Bonchev–Trinajstić information content (AvgIpc) is 2.63. The van der Waals surface area contributed by atoms with Gasteiger partial charge in [-0.2, -0.15) is 0 Å². The number of carbonyl (C=O) groups is 1. The van der Waals surface area contributed by atoms with Crippen molar-refractivity contribution in [2.24, 2.45) is 0 Å². The van der Waals surface area contributed by atoms with Crippen LogP contribution in [-0.4, -0.2) is 17.7 Å². The Bertz CT molecular complexity index is 581. The van der Waals surface area contributed by atoms with E-state index in [-0.39, 0.29) is 11.5 Å². The Morgan fingerprint density at radius 1 is 1.41 bits per heavy atom. The number of carbonyl (C=O) groups excluding carboxylic acids is 1. The minimum Gasteiger partial charge on any atom is -0.507 e. The SMILES string of the molecule is CCOC(=O)c1oc2c(C)ccc(O)c2c1C. The molecule has 0 saturated carbocycles. The third-order valence-electron chi connectivity index (χ3n) is 2.71. The summed E-state index contributed by atoms with van der Waals surface area (Å²) >= 11 is 0. The van der Waals surface area contributed by atoms with Crippen LogP contribution in [-0.2, 0) is 4.74 Å². The van der Waals surface area contributed by atoms with Gasteiger partial charge in [0.05, 0.1) is 12.0 Å². The normalized spacial score (nSPS) is 10.8. The Labute approximate surface area is 98.8 Å². The fraction of sp³-hybridized carbons (Fsp3) is 0.308. The average molecular weight is 234 g/mol. The molecule has 1 heterocycles. The number of ether oxygens (including phenoxy) is 1. The Morgan fingerprint density at radius 3 is 2.71 bits per heavy atom. The summed E-state index contributed by atoms with van der Waals surface area (Å²) in [5.41, 5.74) is 2.02. The van der Waals surface area contributed by atoms with Crippen LogP contribution in [0.2, 0.25) is 0 Å². The smallest absolute Gasteiger partial charge is 0.374 e. The standard InChI is InChI=1S/C13H14O4/c1-4-16-13(15)12-8(3)10-9(14)6-5-7(2)11(10)17-12/h5-6,14H,4H2,1-3H3. The lowest BCUT2D eigenvalue weighted by Crippen LogP contribution is -2.04. The first-order chi connectivity index (χ1) is 8.06. The maximum atomic E-state index is 11.7. The molecule has 2 aromatic rings. The maximum Gasteiger partial charge on any atom is 0.374 e. The van der Waals surface area contributed by atoms with Crippen LogP contribution in [0.1, 0.15) is 28.6 Å². The first kappa shape index (κ1) is 11.5. The van der Waals surface area contributed by atoms with Crippen molar-refractivity contribution in [2.45, 2.75) is 20.8 Å². The molecule has 1 aromatic heterocycles. The summed E-state index contributed by atoms with van der Waals surface area (Å²) in [6, 6.07) is 3.34. The van der Waals surface area contributed by atoms with Gasteiger partial charge >= 0.3 is 5.97 Å². The minimum absolute atomic E-state index is 0.113. The molecule has 1 N–H and O–H groups in total. The van der Waals surface area contributed by atoms with Crippen LogP contribution < -0.4 is 0 Å². The second-order valence-electron chi connectivity index (χ2n) is 3.88. The molecule has 4 heteroatoms. The van der Waals surface area contributed by atoms with E-state index >= 15 is 0 Å². The van der Waals surface area contributed by atoms with E-state index in [1.165, 1.54) is 0 Å². The van der Waals surface area contributed by atoms with Gasteiger partial charge in [-0.25, -0.2) is 4.79 Å². The summed E-state index contributed by atoms with van der Waals surface area (Å²) in [7, 11) is 0. The van der Waals surface area contributed by atoms with E-state index in [1.807, 2.05) is 6.92 Å². The van der Waals surface area contributed by atoms with Crippen LogP contribution in [0.15, 0.2) is 16.5 Å². The molecule has 4 nitrogen and oxygen atoms in total. The van der Waals surface area contributed by atoms with Crippen molar-refractivity contribution < 1.29 is 19.1 Å². The quantitative estimate of drug-likeness (QED) is 0.811. The fourth-order valence-electron chi connectivity index (χ4n) is 1.85. The number of benzene rings is 1. The molecule has 0 aliphatic heterocycles. The molecule has 17 heavy (non-hydrogen) atoms. The van der Waals surface area contributed by atoms with Crippen molar-refractivity contribution in [1.29, 1.82) is 0 Å². The van der Waals surface area contributed by atoms with E-state index in [0.717, 1.165) is 5.56 Å². The Morgan fingerprint density at radius 2 is 2.12 bits per heavy atom. The van der Waals surface area contributed by atoms with Gasteiger partial charge in [-0.05, 0) is 32.4 Å². The van der Waals surface area contributed by atoms with Crippen molar-refractivity contribution in [2.75, 3.05) is 6.61 Å². The summed E-state index contributed by atoms with van der Waals surface area (Å²) in [5, 5.41) is 10.4. The molecule has 0 aliphatic carbocycles. The molecule has 0 aliphatic rings. The molecule has 0 saturated heterocycles. The lowest BCUT2D eigenvalue weighted by atomic mass is 10.1. The van der Waals surface area contributed by atoms with Gasteiger partial charge in [-0.3, -0.25) is 0 Å². The summed E-state index contributed by atoms with van der Waals surface area (Å²) in [6.45, 7) is 5.62. The first-order valence-corrected chi connectivity index (χ1v) is 5.45. The number of aryl methyl sites for hydroxylation is 2. The van der Waals surface area contributed by atoms with Crippen LogP contribution in [0.25, 0.3) is 11.0 Å². The lowest BCUT2D eigenvalue weighted by molar-refractivity contribution is 0.0491. The van der Waals surface area contributed by atoms with Crippen molar-refractivity contribution in [1.82, 2.24) is 0 Å². The summed E-state index contributed by atoms with van der Waals surface area (Å²) < 4.78 is 10.4. The van der Waals surface area contributed by atoms with E-state index in [2.05, 4.69) is 0 Å². The molecular weight excluding hydrogens is 220 g/mol. The van der Waals surface area contributed by atoms with Crippen molar-refractivity contribution in [3.8, 4) is 5.75 Å². The highest BCUT2D eigenvalue weighted by molar-refractivity contribution is 5.99. The Kier molecular flexibility index (Phi) is 2.79. The molecular formula is C13H14O4. The van der Waals surface area contributed by atoms with Gasteiger partial charge in [-0.15, -0.1) is 0 Å². The van der Waals surface area contributed by atoms with Gasteiger partial charge in [0.25, 0.3) is 0 Å². The summed E-state index contributed by atoms with van der Waals surface area (Å²) in [4.78, 5) is 11.7. The summed E-state index contributed by atoms with van der Waals surface area (Å²) in [5.74, 6) is -0.228. The van der Waals surface area contributed by atoms with Gasteiger partial charge in [0.2, 0.25) is 5.76 Å². The van der Waals surface area contributed by atoms with Crippen LogP contribution in [0.4, 0.5) is 0 Å². The zero-order chi connectivity index (χ0) is 12.6. The second kappa shape index (κ2) is 4.13. The zero-order valence-corrected chi connectivity index (χ0v) is 10.0. The van der Waals surface area contributed by atoms with E-state index < -0.39 is 5.97 Å². The number of phenolic OH excluding ortho intramolecular Hbond substituents is 1. The van der Waals surface area contributed by atoms with Gasteiger partial charge < -0.3 is 14.3 Å². The van der Waals surface area contributed by atoms with Crippen molar-refractivity contribution in [3.63, 3.8) is 0 Å². The minimum atomic E-state index is -0.500.